The third kappa shape index (κ3) is 4.55. The van der Waals surface area contributed by atoms with Crippen LogP contribution in [-0.2, 0) is 11.3 Å². The molecule has 2 aromatic rings. The molecule has 6 heteroatoms. The summed E-state index contributed by atoms with van der Waals surface area (Å²) in [5.74, 6) is 0.362. The first-order valence-corrected chi connectivity index (χ1v) is 8.99. The Kier molecular flexibility index (Phi) is 6.14. The van der Waals surface area contributed by atoms with E-state index in [1.165, 1.54) is 5.56 Å². The molecule has 1 N–H and O–H groups in total. The zero-order chi connectivity index (χ0) is 18.5. The highest BCUT2D eigenvalue weighted by molar-refractivity contribution is 6.31. The minimum absolute atomic E-state index is 0.178. The van der Waals surface area contributed by atoms with Crippen molar-refractivity contribution >= 4 is 23.2 Å². The van der Waals surface area contributed by atoms with Gasteiger partial charge >= 0.3 is 0 Å². The maximum atomic E-state index is 12.6. The Morgan fingerprint density at radius 1 is 1.23 bits per heavy atom. The lowest BCUT2D eigenvalue weighted by atomic mass is 10.1. The number of carbonyl (C=O) groups excluding carboxylic acids is 1. The number of nitrogens with one attached hydrogen (secondary N) is 1. The number of methoxy groups -OCH3 is 1. The second-order valence-electron chi connectivity index (χ2n) is 6.34. The lowest BCUT2D eigenvalue weighted by Gasteiger charge is -2.26. The van der Waals surface area contributed by atoms with E-state index in [2.05, 4.69) is 10.2 Å². The molecular formula is C20H23ClN2O3. The summed E-state index contributed by atoms with van der Waals surface area (Å²) in [4.78, 5) is 14.9. The normalized spacial score (nSPS) is 14.9. The molecule has 0 bridgehead atoms. The van der Waals surface area contributed by atoms with Gasteiger partial charge in [-0.25, -0.2) is 0 Å². The summed E-state index contributed by atoms with van der Waals surface area (Å²) in [5.41, 5.74) is 3.27. The van der Waals surface area contributed by atoms with Gasteiger partial charge in [0, 0.05) is 36.3 Å². The predicted molar refractivity (Wildman–Crippen MR) is 103 cm³/mol. The highest BCUT2D eigenvalue weighted by Gasteiger charge is 2.13. The fourth-order valence-corrected chi connectivity index (χ4v) is 3.06. The Balaban J connectivity index is 1.67. The Labute approximate surface area is 158 Å². The van der Waals surface area contributed by atoms with Gasteiger partial charge < -0.3 is 14.8 Å². The Hall–Kier alpha value is -2.08. The number of carbonyl (C=O) groups is 1. The quantitative estimate of drug-likeness (QED) is 0.866. The van der Waals surface area contributed by atoms with Crippen LogP contribution in [0.1, 0.15) is 21.5 Å². The molecule has 5 nitrogen and oxygen atoms in total. The van der Waals surface area contributed by atoms with Gasteiger partial charge in [0.25, 0.3) is 5.91 Å². The van der Waals surface area contributed by atoms with Crippen molar-refractivity contribution in [3.05, 3.63) is 58.1 Å². The van der Waals surface area contributed by atoms with Gasteiger partial charge in [0.2, 0.25) is 0 Å². The SMILES string of the molecule is COc1cc(Cl)c(C)cc1NC(=O)c1ccc(CN2CCOCC2)cc1. The van der Waals surface area contributed by atoms with Crippen molar-refractivity contribution in [2.24, 2.45) is 0 Å². The molecule has 1 saturated heterocycles. The smallest absolute Gasteiger partial charge is 0.255 e. The van der Waals surface area contributed by atoms with Crippen molar-refractivity contribution in [1.29, 1.82) is 0 Å². The molecule has 1 aliphatic rings. The number of hydrogen-bond donors (Lipinski definition) is 1. The number of benzene rings is 2. The van der Waals surface area contributed by atoms with E-state index in [-0.39, 0.29) is 5.91 Å². The van der Waals surface area contributed by atoms with Crippen LogP contribution in [0.25, 0.3) is 0 Å². The van der Waals surface area contributed by atoms with Crippen molar-refractivity contribution in [2.45, 2.75) is 13.5 Å². The minimum Gasteiger partial charge on any atom is -0.495 e. The van der Waals surface area contributed by atoms with Crippen LogP contribution in [-0.4, -0.2) is 44.2 Å². The maximum absolute atomic E-state index is 12.6. The monoisotopic (exact) mass is 374 g/mol. The predicted octanol–water partition coefficient (Wildman–Crippen LogP) is 3.74. The van der Waals surface area contributed by atoms with E-state index in [4.69, 9.17) is 21.1 Å². The second kappa shape index (κ2) is 8.54. The fourth-order valence-electron chi connectivity index (χ4n) is 2.90. The Morgan fingerprint density at radius 2 is 1.92 bits per heavy atom. The summed E-state index contributed by atoms with van der Waals surface area (Å²) >= 11 is 6.11. The van der Waals surface area contributed by atoms with Crippen LogP contribution in [0.3, 0.4) is 0 Å². The van der Waals surface area contributed by atoms with E-state index in [1.54, 1.807) is 13.2 Å². The first kappa shape index (κ1) is 18.7. The number of halogens is 1. The summed E-state index contributed by atoms with van der Waals surface area (Å²) in [7, 11) is 1.55. The molecule has 1 aliphatic heterocycles. The number of aryl methyl sites for hydroxylation is 1. The van der Waals surface area contributed by atoms with E-state index < -0.39 is 0 Å². The third-order valence-electron chi connectivity index (χ3n) is 4.45. The highest BCUT2D eigenvalue weighted by Crippen LogP contribution is 2.31. The van der Waals surface area contributed by atoms with E-state index in [9.17, 15) is 4.79 Å². The third-order valence-corrected chi connectivity index (χ3v) is 4.86. The average Bonchev–Trinajstić information content (AvgIpc) is 2.66. The standard InChI is InChI=1S/C20H23ClN2O3/c1-14-11-18(19(25-2)12-17(14)21)22-20(24)16-5-3-15(4-6-16)13-23-7-9-26-10-8-23/h3-6,11-12H,7-10,13H2,1-2H3,(H,22,24). The number of amides is 1. The largest absolute Gasteiger partial charge is 0.495 e. The number of rotatable bonds is 5. The van der Waals surface area contributed by atoms with Gasteiger partial charge in [-0.05, 0) is 36.2 Å². The molecule has 0 unspecified atom stereocenters. The van der Waals surface area contributed by atoms with Crippen LogP contribution in [0.15, 0.2) is 36.4 Å². The molecule has 0 atom stereocenters. The number of ether oxygens (including phenoxy) is 2. The van der Waals surface area contributed by atoms with Gasteiger partial charge in [0.1, 0.15) is 5.75 Å². The van der Waals surface area contributed by atoms with Gasteiger partial charge in [-0.15, -0.1) is 0 Å². The molecule has 0 spiro atoms. The number of nitrogens with zero attached hydrogens (tertiary/aromatic N) is 1. The van der Waals surface area contributed by atoms with E-state index in [1.807, 2.05) is 37.3 Å². The summed E-state index contributed by atoms with van der Waals surface area (Å²) in [5, 5.41) is 3.50. The molecule has 3 rings (SSSR count). The van der Waals surface area contributed by atoms with Gasteiger partial charge in [-0.1, -0.05) is 23.7 Å². The second-order valence-corrected chi connectivity index (χ2v) is 6.75. The van der Waals surface area contributed by atoms with Crippen LogP contribution in [0.4, 0.5) is 5.69 Å². The number of morpholine rings is 1. The van der Waals surface area contributed by atoms with E-state index in [0.29, 0.717) is 22.0 Å². The molecule has 0 aliphatic carbocycles. The number of anilines is 1. The Bertz CT molecular complexity index is 771. The van der Waals surface area contributed by atoms with E-state index >= 15 is 0 Å². The zero-order valence-corrected chi connectivity index (χ0v) is 15.8. The van der Waals surface area contributed by atoms with Crippen molar-refractivity contribution in [3.8, 4) is 5.75 Å². The Morgan fingerprint density at radius 3 is 2.58 bits per heavy atom. The molecule has 2 aromatic carbocycles. The molecule has 138 valence electrons. The van der Waals surface area contributed by atoms with Crippen LogP contribution < -0.4 is 10.1 Å². The number of hydrogen-bond acceptors (Lipinski definition) is 4. The van der Waals surface area contributed by atoms with Gasteiger partial charge in [-0.3, -0.25) is 9.69 Å². The molecule has 26 heavy (non-hydrogen) atoms. The minimum atomic E-state index is -0.178. The van der Waals surface area contributed by atoms with Crippen LogP contribution in [0.2, 0.25) is 5.02 Å². The summed E-state index contributed by atoms with van der Waals surface area (Å²) in [6.45, 7) is 6.20. The van der Waals surface area contributed by atoms with Crippen LogP contribution in [0.5, 0.6) is 5.75 Å². The van der Waals surface area contributed by atoms with E-state index in [0.717, 1.165) is 38.4 Å². The lowest BCUT2D eigenvalue weighted by Crippen LogP contribution is -2.35. The zero-order valence-electron chi connectivity index (χ0n) is 15.0. The fraction of sp³-hybridized carbons (Fsp3) is 0.350. The summed E-state index contributed by atoms with van der Waals surface area (Å²) in [6, 6.07) is 11.2. The molecule has 1 fully saturated rings. The van der Waals surface area contributed by atoms with Crippen molar-refractivity contribution in [3.63, 3.8) is 0 Å². The van der Waals surface area contributed by atoms with Crippen LogP contribution in [0, 0.1) is 6.92 Å². The van der Waals surface area contributed by atoms with Gasteiger partial charge in [0.15, 0.2) is 0 Å². The van der Waals surface area contributed by atoms with Gasteiger partial charge in [0.05, 0.1) is 26.0 Å². The molecule has 0 aromatic heterocycles. The lowest BCUT2D eigenvalue weighted by molar-refractivity contribution is 0.0342. The average molecular weight is 375 g/mol. The summed E-state index contributed by atoms with van der Waals surface area (Å²) in [6.07, 6.45) is 0. The van der Waals surface area contributed by atoms with Crippen molar-refractivity contribution < 1.29 is 14.3 Å². The van der Waals surface area contributed by atoms with Gasteiger partial charge in [-0.2, -0.15) is 0 Å². The van der Waals surface area contributed by atoms with Crippen LogP contribution >= 0.6 is 11.6 Å². The molecule has 1 amide bonds. The molecular weight excluding hydrogens is 352 g/mol. The molecule has 0 radical (unpaired) electrons. The molecule has 1 heterocycles. The molecule has 0 saturated carbocycles. The summed E-state index contributed by atoms with van der Waals surface area (Å²) < 4.78 is 10.7. The first-order valence-electron chi connectivity index (χ1n) is 8.61. The van der Waals surface area contributed by atoms with Crippen molar-refractivity contribution in [1.82, 2.24) is 4.90 Å². The van der Waals surface area contributed by atoms with Crippen molar-refractivity contribution in [2.75, 3.05) is 38.7 Å². The first-order chi connectivity index (χ1) is 12.6. The maximum Gasteiger partial charge on any atom is 0.255 e. The topological polar surface area (TPSA) is 50.8 Å². The highest BCUT2D eigenvalue weighted by atomic mass is 35.5.